The van der Waals surface area contributed by atoms with Crippen molar-refractivity contribution in [3.8, 4) is 6.07 Å². The third-order valence-electron chi connectivity index (χ3n) is 6.29. The number of fused-ring (bicyclic) bond motifs is 2. The van der Waals surface area contributed by atoms with Gasteiger partial charge in [0.05, 0.1) is 22.7 Å². The van der Waals surface area contributed by atoms with Crippen LogP contribution >= 0.6 is 0 Å². The SMILES string of the molecule is Cc1noc(=O)c2ccc(NC(=O)C(O)(CC3CCCc4c(C#N)cccc43)C(F)(F)F)cc12. The number of hydrogen-bond acceptors (Lipinski definition) is 6. The van der Waals surface area contributed by atoms with Crippen LogP contribution in [0, 0.1) is 18.3 Å². The number of aliphatic hydroxyl groups is 1. The Bertz CT molecular complexity index is 1380. The van der Waals surface area contributed by atoms with Crippen molar-refractivity contribution in [2.75, 3.05) is 5.32 Å². The fourth-order valence-corrected chi connectivity index (χ4v) is 4.50. The van der Waals surface area contributed by atoms with Crippen molar-refractivity contribution in [1.29, 1.82) is 5.26 Å². The Morgan fingerprint density at radius 1 is 1.29 bits per heavy atom. The molecule has 1 aliphatic carbocycles. The summed E-state index contributed by atoms with van der Waals surface area (Å²) in [5.41, 5.74) is -2.55. The first-order valence-electron chi connectivity index (χ1n) is 10.6. The number of halogens is 3. The predicted octanol–water partition coefficient (Wildman–Crippen LogP) is 4.11. The average molecular weight is 471 g/mol. The Hall–Kier alpha value is -3.71. The third-order valence-corrected chi connectivity index (χ3v) is 6.29. The molecule has 2 aromatic carbocycles. The van der Waals surface area contributed by atoms with Gasteiger partial charge in [-0.1, -0.05) is 17.3 Å². The van der Waals surface area contributed by atoms with Crippen LogP contribution in [0.4, 0.5) is 18.9 Å². The molecule has 3 aromatic rings. The van der Waals surface area contributed by atoms with Gasteiger partial charge in [-0.15, -0.1) is 0 Å². The number of rotatable bonds is 4. The maximum absolute atomic E-state index is 14.1. The molecule has 2 atom stereocenters. The predicted molar refractivity (Wildman–Crippen MR) is 116 cm³/mol. The number of amides is 1. The first-order valence-corrected chi connectivity index (χ1v) is 10.6. The number of carbonyl (C=O) groups is 1. The molecule has 0 saturated heterocycles. The van der Waals surface area contributed by atoms with Crippen LogP contribution in [0.25, 0.3) is 10.8 Å². The smallest absolute Gasteiger partial charge is 0.373 e. The maximum atomic E-state index is 14.1. The Labute approximate surface area is 191 Å². The summed E-state index contributed by atoms with van der Waals surface area (Å²) >= 11 is 0. The lowest BCUT2D eigenvalue weighted by atomic mass is 9.75. The molecule has 1 amide bonds. The molecule has 0 spiro atoms. The van der Waals surface area contributed by atoms with E-state index in [1.54, 1.807) is 25.1 Å². The number of nitrogens with zero attached hydrogens (tertiary/aromatic N) is 2. The Morgan fingerprint density at radius 3 is 2.76 bits per heavy atom. The number of alkyl halides is 3. The van der Waals surface area contributed by atoms with Crippen LogP contribution in [0.2, 0.25) is 0 Å². The molecule has 1 aliphatic rings. The number of aryl methyl sites for hydroxylation is 1. The second-order valence-corrected chi connectivity index (χ2v) is 8.41. The minimum Gasteiger partial charge on any atom is -0.373 e. The molecule has 2 N–H and O–H groups in total. The van der Waals surface area contributed by atoms with Gasteiger partial charge in [-0.2, -0.15) is 18.4 Å². The fraction of sp³-hybridized carbons (Fsp3) is 0.333. The lowest BCUT2D eigenvalue weighted by molar-refractivity contribution is -0.252. The van der Waals surface area contributed by atoms with Gasteiger partial charge >= 0.3 is 11.8 Å². The van der Waals surface area contributed by atoms with Gasteiger partial charge in [0.15, 0.2) is 0 Å². The molecule has 34 heavy (non-hydrogen) atoms. The van der Waals surface area contributed by atoms with E-state index in [1.165, 1.54) is 18.2 Å². The Kier molecular flexibility index (Phi) is 5.91. The van der Waals surface area contributed by atoms with Crippen molar-refractivity contribution in [2.24, 2.45) is 0 Å². The number of benzene rings is 2. The lowest BCUT2D eigenvalue weighted by Crippen LogP contribution is -2.55. The van der Waals surface area contributed by atoms with Gasteiger partial charge in [0, 0.05) is 17.5 Å². The first kappa shape index (κ1) is 23.4. The normalized spacial score (nSPS) is 17.5. The van der Waals surface area contributed by atoms with Crippen LogP contribution in [0.1, 0.15) is 47.6 Å². The van der Waals surface area contributed by atoms with Crippen molar-refractivity contribution < 1.29 is 27.6 Å². The second kappa shape index (κ2) is 8.57. The monoisotopic (exact) mass is 471 g/mol. The molecular formula is C24H20F3N3O4. The van der Waals surface area contributed by atoms with Crippen molar-refractivity contribution in [2.45, 2.75) is 50.3 Å². The van der Waals surface area contributed by atoms with Crippen LogP contribution in [0.3, 0.4) is 0 Å². The minimum atomic E-state index is -5.25. The van der Waals surface area contributed by atoms with E-state index in [0.717, 1.165) is 0 Å². The summed E-state index contributed by atoms with van der Waals surface area (Å²) in [6.45, 7) is 1.54. The highest BCUT2D eigenvalue weighted by Gasteiger charge is 2.60. The van der Waals surface area contributed by atoms with Crippen LogP contribution in [0.15, 0.2) is 45.7 Å². The van der Waals surface area contributed by atoms with Gasteiger partial charge in [0.2, 0.25) is 5.60 Å². The Morgan fingerprint density at radius 2 is 2.06 bits per heavy atom. The summed E-state index contributed by atoms with van der Waals surface area (Å²) in [5.74, 6) is -2.39. The molecule has 1 heterocycles. The quantitative estimate of drug-likeness (QED) is 0.592. The van der Waals surface area contributed by atoms with Crippen molar-refractivity contribution >= 4 is 22.4 Å². The number of anilines is 1. The summed E-state index contributed by atoms with van der Waals surface area (Å²) in [4.78, 5) is 24.6. The van der Waals surface area contributed by atoms with Crippen LogP contribution in [-0.2, 0) is 11.2 Å². The maximum Gasteiger partial charge on any atom is 0.426 e. The number of hydrogen-bond donors (Lipinski definition) is 2. The van der Waals surface area contributed by atoms with Crippen LogP contribution in [0.5, 0.6) is 0 Å². The molecule has 0 fully saturated rings. The number of nitriles is 1. The Balaban J connectivity index is 1.67. The molecular weight excluding hydrogens is 451 g/mol. The van der Waals surface area contributed by atoms with Gasteiger partial charge in [0.1, 0.15) is 0 Å². The molecule has 1 aromatic heterocycles. The van der Waals surface area contributed by atoms with Crippen LogP contribution < -0.4 is 10.9 Å². The highest BCUT2D eigenvalue weighted by atomic mass is 19.4. The summed E-state index contributed by atoms with van der Waals surface area (Å²) in [5, 5.41) is 26.2. The van der Waals surface area contributed by atoms with Gasteiger partial charge in [-0.3, -0.25) is 4.79 Å². The molecule has 0 radical (unpaired) electrons. The molecule has 0 saturated carbocycles. The first-order chi connectivity index (χ1) is 16.0. The van der Waals surface area contributed by atoms with Gasteiger partial charge in [-0.05, 0) is 67.5 Å². The fourth-order valence-electron chi connectivity index (χ4n) is 4.50. The van der Waals surface area contributed by atoms with Crippen LogP contribution in [-0.4, -0.2) is 27.9 Å². The van der Waals surface area contributed by atoms with E-state index in [0.29, 0.717) is 47.0 Å². The van der Waals surface area contributed by atoms with Crippen molar-refractivity contribution in [3.05, 3.63) is 69.2 Å². The van der Waals surface area contributed by atoms with Gasteiger partial charge < -0.3 is 14.9 Å². The molecule has 0 aliphatic heterocycles. The summed E-state index contributed by atoms with van der Waals surface area (Å²) in [6, 6.07) is 10.7. The van der Waals surface area contributed by atoms with Crippen molar-refractivity contribution in [3.63, 3.8) is 0 Å². The summed E-state index contributed by atoms with van der Waals surface area (Å²) in [7, 11) is 0. The average Bonchev–Trinajstić information content (AvgIpc) is 2.80. The summed E-state index contributed by atoms with van der Waals surface area (Å²) < 4.78 is 46.9. The molecule has 10 heteroatoms. The zero-order valence-electron chi connectivity index (χ0n) is 18.1. The summed E-state index contributed by atoms with van der Waals surface area (Å²) in [6.07, 6.45) is -4.72. The topological polar surface area (TPSA) is 116 Å². The van der Waals surface area contributed by atoms with E-state index in [2.05, 4.69) is 15.0 Å². The molecule has 176 valence electrons. The van der Waals surface area contributed by atoms with Crippen molar-refractivity contribution in [1.82, 2.24) is 5.16 Å². The minimum absolute atomic E-state index is 0.0357. The van der Waals surface area contributed by atoms with E-state index in [4.69, 9.17) is 0 Å². The number of nitrogens with one attached hydrogen (secondary N) is 1. The zero-order valence-corrected chi connectivity index (χ0v) is 18.1. The number of aromatic nitrogens is 1. The largest absolute Gasteiger partial charge is 0.426 e. The molecule has 4 rings (SSSR count). The standard InChI is InChI=1S/C24H20F3N3O4/c1-13-20-10-16(8-9-19(20)21(31)34-30-13)29-22(32)23(33,24(25,26)27)11-14-4-2-7-18-15(12-28)5-3-6-17(14)18/h3,5-6,8-10,14,33H,2,4,7,11H2,1H3,(H,29,32). The van der Waals surface area contributed by atoms with E-state index < -0.39 is 35.6 Å². The lowest BCUT2D eigenvalue weighted by Gasteiger charge is -2.35. The van der Waals surface area contributed by atoms with E-state index in [9.17, 15) is 33.1 Å². The van der Waals surface area contributed by atoms with E-state index >= 15 is 0 Å². The molecule has 0 bridgehead atoms. The third kappa shape index (κ3) is 4.03. The van der Waals surface area contributed by atoms with E-state index in [-0.39, 0.29) is 11.1 Å². The number of carbonyl (C=O) groups excluding carboxylic acids is 1. The van der Waals surface area contributed by atoms with Gasteiger partial charge in [0.25, 0.3) is 5.91 Å². The van der Waals surface area contributed by atoms with E-state index in [1.807, 2.05) is 6.07 Å². The molecule has 2 unspecified atom stereocenters. The second-order valence-electron chi connectivity index (χ2n) is 8.41. The van der Waals surface area contributed by atoms with Gasteiger partial charge in [-0.25, -0.2) is 4.79 Å². The molecule has 7 nitrogen and oxygen atoms in total. The highest BCUT2D eigenvalue weighted by molar-refractivity contribution is 5.99. The zero-order chi connectivity index (χ0) is 24.7. The highest BCUT2D eigenvalue weighted by Crippen LogP contribution is 2.44.